The average Bonchev–Trinajstić information content (AvgIpc) is 2.69. The first-order valence-electron chi connectivity index (χ1n) is 5.96. The van der Waals surface area contributed by atoms with Crippen LogP contribution in [0.2, 0.25) is 10.3 Å². The van der Waals surface area contributed by atoms with Crippen molar-refractivity contribution < 1.29 is 0 Å². The van der Waals surface area contributed by atoms with Crippen LogP contribution in [0.4, 0.5) is 0 Å². The molecule has 0 radical (unpaired) electrons. The Labute approximate surface area is 140 Å². The maximum absolute atomic E-state index is 6.51. The number of nitrogens with zero attached hydrogens (tertiary/aromatic N) is 3. The Morgan fingerprint density at radius 2 is 1.85 bits per heavy atom. The molecule has 2 aromatic heterocycles. The minimum Gasteiger partial charge on any atom is -0.215 e. The quantitative estimate of drug-likeness (QED) is 0.415. The third kappa shape index (κ3) is 2.10. The molecule has 0 saturated heterocycles. The van der Waals surface area contributed by atoms with Gasteiger partial charge in [-0.25, -0.2) is 9.50 Å². The Balaban J connectivity index is 2.41. The molecular formula is C14H10Cl2IN3. The predicted molar refractivity (Wildman–Crippen MR) is 90.6 cm³/mol. The number of fused-ring (bicyclic) bond motifs is 1. The summed E-state index contributed by atoms with van der Waals surface area (Å²) in [6, 6.07) is 7.94. The zero-order chi connectivity index (χ0) is 14.4. The second kappa shape index (κ2) is 5.16. The molecule has 0 atom stereocenters. The first-order chi connectivity index (χ1) is 9.50. The standard InChI is InChI=1S/C14H10Cl2IN3/c1-7-5-3-4-6-9(7)10-12(15)18-14-11(17)8(2)19-20(14)13(10)16/h3-6H,1-2H3. The molecule has 0 spiro atoms. The van der Waals surface area contributed by atoms with E-state index in [-0.39, 0.29) is 0 Å². The Morgan fingerprint density at radius 3 is 2.55 bits per heavy atom. The Bertz CT molecular complexity index is 827. The highest BCUT2D eigenvalue weighted by atomic mass is 127. The smallest absolute Gasteiger partial charge is 0.172 e. The van der Waals surface area contributed by atoms with E-state index in [0.717, 1.165) is 26.0 Å². The van der Waals surface area contributed by atoms with E-state index in [2.05, 4.69) is 32.7 Å². The van der Waals surface area contributed by atoms with Crippen LogP contribution in [0, 0.1) is 17.4 Å². The maximum atomic E-state index is 6.51. The fraction of sp³-hybridized carbons (Fsp3) is 0.143. The maximum Gasteiger partial charge on any atom is 0.172 e. The van der Waals surface area contributed by atoms with E-state index >= 15 is 0 Å². The number of benzene rings is 1. The average molecular weight is 418 g/mol. The number of aromatic nitrogens is 3. The van der Waals surface area contributed by atoms with Crippen molar-refractivity contribution in [2.45, 2.75) is 13.8 Å². The van der Waals surface area contributed by atoms with Crippen LogP contribution in [-0.4, -0.2) is 14.6 Å². The highest BCUT2D eigenvalue weighted by Gasteiger charge is 2.19. The normalized spacial score (nSPS) is 11.2. The molecule has 6 heteroatoms. The molecule has 3 rings (SSSR count). The topological polar surface area (TPSA) is 30.2 Å². The lowest BCUT2D eigenvalue weighted by atomic mass is 10.0. The van der Waals surface area contributed by atoms with Crippen LogP contribution in [-0.2, 0) is 0 Å². The lowest BCUT2D eigenvalue weighted by Gasteiger charge is -2.10. The van der Waals surface area contributed by atoms with Crippen molar-refractivity contribution in [3.63, 3.8) is 0 Å². The third-order valence-electron chi connectivity index (χ3n) is 3.18. The predicted octanol–water partition coefficient (Wildman–Crippen LogP) is 4.92. The molecule has 3 nitrogen and oxygen atoms in total. The summed E-state index contributed by atoms with van der Waals surface area (Å²) in [6.07, 6.45) is 0. The summed E-state index contributed by atoms with van der Waals surface area (Å²) in [5, 5.41) is 5.31. The highest BCUT2D eigenvalue weighted by Crippen LogP contribution is 2.36. The van der Waals surface area contributed by atoms with E-state index in [4.69, 9.17) is 23.2 Å². The van der Waals surface area contributed by atoms with E-state index < -0.39 is 0 Å². The van der Waals surface area contributed by atoms with Crippen LogP contribution in [0.5, 0.6) is 0 Å². The van der Waals surface area contributed by atoms with Gasteiger partial charge in [0, 0.05) is 0 Å². The molecule has 0 bridgehead atoms. The Hall–Kier alpha value is -0.850. The van der Waals surface area contributed by atoms with Crippen molar-refractivity contribution in [3.8, 4) is 11.1 Å². The SMILES string of the molecule is Cc1ccccc1-c1c(Cl)nc2c(I)c(C)nn2c1Cl. The summed E-state index contributed by atoms with van der Waals surface area (Å²) < 4.78 is 2.61. The van der Waals surface area contributed by atoms with Gasteiger partial charge in [0.05, 0.1) is 14.8 Å². The largest absolute Gasteiger partial charge is 0.215 e. The number of hydrogen-bond donors (Lipinski definition) is 0. The van der Waals surface area contributed by atoms with Crippen LogP contribution in [0.3, 0.4) is 0 Å². The Kier molecular flexibility index (Phi) is 3.64. The number of halogens is 3. The van der Waals surface area contributed by atoms with E-state index in [9.17, 15) is 0 Å². The van der Waals surface area contributed by atoms with Gasteiger partial charge in [0.15, 0.2) is 5.65 Å². The lowest BCUT2D eigenvalue weighted by molar-refractivity contribution is 0.919. The first kappa shape index (κ1) is 14.1. The molecule has 3 aromatic rings. The third-order valence-corrected chi connectivity index (χ3v) is 5.07. The van der Waals surface area contributed by atoms with Crippen LogP contribution in [0.15, 0.2) is 24.3 Å². The van der Waals surface area contributed by atoms with Gasteiger partial charge in [0.2, 0.25) is 0 Å². The number of rotatable bonds is 1. The van der Waals surface area contributed by atoms with E-state index in [0.29, 0.717) is 16.0 Å². The van der Waals surface area contributed by atoms with Gasteiger partial charge in [-0.15, -0.1) is 0 Å². The minimum absolute atomic E-state index is 0.398. The molecule has 0 aliphatic rings. The van der Waals surface area contributed by atoms with Crippen molar-refractivity contribution in [1.29, 1.82) is 0 Å². The molecule has 20 heavy (non-hydrogen) atoms. The molecule has 0 aliphatic carbocycles. The van der Waals surface area contributed by atoms with Gasteiger partial charge in [-0.2, -0.15) is 5.10 Å². The molecular weight excluding hydrogens is 408 g/mol. The summed E-state index contributed by atoms with van der Waals surface area (Å²) in [4.78, 5) is 4.45. The van der Waals surface area contributed by atoms with Crippen molar-refractivity contribution in [1.82, 2.24) is 14.6 Å². The molecule has 0 saturated carbocycles. The molecule has 0 amide bonds. The molecule has 2 heterocycles. The zero-order valence-corrected chi connectivity index (χ0v) is 14.5. The fourth-order valence-electron chi connectivity index (χ4n) is 2.14. The second-order valence-electron chi connectivity index (χ2n) is 4.52. The number of hydrogen-bond acceptors (Lipinski definition) is 2. The first-order valence-corrected chi connectivity index (χ1v) is 7.80. The van der Waals surface area contributed by atoms with Gasteiger partial charge in [-0.3, -0.25) is 0 Å². The molecule has 0 N–H and O–H groups in total. The van der Waals surface area contributed by atoms with E-state index in [1.807, 2.05) is 38.1 Å². The van der Waals surface area contributed by atoms with Crippen molar-refractivity contribution in [2.75, 3.05) is 0 Å². The van der Waals surface area contributed by atoms with Crippen LogP contribution in [0.1, 0.15) is 11.3 Å². The van der Waals surface area contributed by atoms with Gasteiger partial charge in [0.25, 0.3) is 0 Å². The molecule has 1 aromatic carbocycles. The molecule has 0 aliphatic heterocycles. The second-order valence-corrected chi connectivity index (χ2v) is 6.31. The van der Waals surface area contributed by atoms with E-state index in [1.54, 1.807) is 4.52 Å². The van der Waals surface area contributed by atoms with Crippen molar-refractivity contribution in [2.24, 2.45) is 0 Å². The van der Waals surface area contributed by atoms with Crippen molar-refractivity contribution >= 4 is 51.4 Å². The van der Waals surface area contributed by atoms with Gasteiger partial charge < -0.3 is 0 Å². The van der Waals surface area contributed by atoms with Gasteiger partial charge >= 0.3 is 0 Å². The monoisotopic (exact) mass is 417 g/mol. The zero-order valence-electron chi connectivity index (χ0n) is 10.8. The highest BCUT2D eigenvalue weighted by molar-refractivity contribution is 14.1. The molecule has 0 unspecified atom stereocenters. The summed E-state index contributed by atoms with van der Waals surface area (Å²) in [6.45, 7) is 3.94. The lowest BCUT2D eigenvalue weighted by Crippen LogP contribution is -1.98. The van der Waals surface area contributed by atoms with E-state index in [1.165, 1.54) is 0 Å². The summed E-state index contributed by atoms with van der Waals surface area (Å²) in [5.74, 6) is 0. The minimum atomic E-state index is 0.398. The van der Waals surface area contributed by atoms with Gasteiger partial charge in [-0.05, 0) is 47.6 Å². The Morgan fingerprint density at radius 1 is 1.15 bits per heavy atom. The summed E-state index contributed by atoms with van der Waals surface area (Å²) in [5.41, 5.74) is 4.36. The van der Waals surface area contributed by atoms with Crippen molar-refractivity contribution in [3.05, 3.63) is 49.4 Å². The summed E-state index contributed by atoms with van der Waals surface area (Å²) in [7, 11) is 0. The van der Waals surface area contributed by atoms with Crippen LogP contribution >= 0.6 is 45.8 Å². The fourth-order valence-corrected chi connectivity index (χ4v) is 3.23. The van der Waals surface area contributed by atoms with Crippen LogP contribution < -0.4 is 0 Å². The van der Waals surface area contributed by atoms with Gasteiger partial charge in [-0.1, -0.05) is 47.5 Å². The number of aryl methyl sites for hydroxylation is 2. The van der Waals surface area contributed by atoms with Gasteiger partial charge in [0.1, 0.15) is 10.3 Å². The summed E-state index contributed by atoms with van der Waals surface area (Å²) >= 11 is 15.1. The molecule has 102 valence electrons. The van der Waals surface area contributed by atoms with Crippen LogP contribution in [0.25, 0.3) is 16.8 Å². The molecule has 0 fully saturated rings.